The second kappa shape index (κ2) is 9.91. The van der Waals surface area contributed by atoms with Gasteiger partial charge in [-0.05, 0) is 89.1 Å². The van der Waals surface area contributed by atoms with Crippen LogP contribution in [0.5, 0.6) is 28.7 Å². The number of rotatable bonds is 6. The Labute approximate surface area is 212 Å². The van der Waals surface area contributed by atoms with Crippen molar-refractivity contribution >= 4 is 33.5 Å². The van der Waals surface area contributed by atoms with Crippen LogP contribution >= 0.6 is 0 Å². The number of aromatic hydroxyl groups is 2. The molecule has 0 atom stereocenters. The minimum atomic E-state index is -0.581. The molecule has 0 saturated heterocycles. The fourth-order valence-corrected chi connectivity index (χ4v) is 3.95. The van der Waals surface area contributed by atoms with Crippen LogP contribution in [0.15, 0.2) is 91.0 Å². The van der Waals surface area contributed by atoms with Gasteiger partial charge in [-0.3, -0.25) is 0 Å². The maximum Gasteiger partial charge on any atom is 0.343 e. The highest BCUT2D eigenvalue weighted by Gasteiger charge is 2.16. The van der Waals surface area contributed by atoms with Crippen LogP contribution in [0, 0.1) is 0 Å². The molecule has 5 rings (SSSR count). The number of esters is 2. The fourth-order valence-electron chi connectivity index (χ4n) is 3.95. The number of ether oxygens (including phenoxy) is 3. The summed E-state index contributed by atoms with van der Waals surface area (Å²) in [6, 6.07) is 24.3. The molecule has 0 amide bonds. The Bertz CT molecular complexity index is 1660. The molecule has 0 aliphatic heterocycles. The molecule has 0 spiro atoms. The zero-order valence-electron chi connectivity index (χ0n) is 19.8. The van der Waals surface area contributed by atoms with E-state index < -0.39 is 11.9 Å². The Morgan fingerprint density at radius 1 is 0.595 bits per heavy atom. The molecule has 0 aromatic heterocycles. The van der Waals surface area contributed by atoms with E-state index in [-0.39, 0.29) is 28.7 Å². The van der Waals surface area contributed by atoms with Crippen LogP contribution < -0.4 is 14.2 Å². The molecule has 37 heavy (non-hydrogen) atoms. The minimum Gasteiger partial charge on any atom is -0.508 e. The zero-order chi connectivity index (χ0) is 25.9. The molecule has 5 aromatic rings. The SMILES string of the molecule is CCOc1cc(OC(=O)c2ccc3cc(O)ccc3c2)ccc1OC(=O)c1ccc2cc(O)ccc2c1. The number of hydrogen-bond acceptors (Lipinski definition) is 7. The average Bonchev–Trinajstić information content (AvgIpc) is 2.89. The Morgan fingerprint density at radius 3 is 1.68 bits per heavy atom. The highest BCUT2D eigenvalue weighted by atomic mass is 16.6. The number of hydrogen-bond donors (Lipinski definition) is 2. The van der Waals surface area contributed by atoms with Gasteiger partial charge in [-0.1, -0.05) is 24.3 Å². The summed E-state index contributed by atoms with van der Waals surface area (Å²) >= 11 is 0. The molecule has 7 heteroatoms. The summed E-state index contributed by atoms with van der Waals surface area (Å²) in [5, 5.41) is 22.4. The number of carbonyl (C=O) groups is 2. The first-order valence-corrected chi connectivity index (χ1v) is 11.6. The molecule has 184 valence electrons. The standard InChI is InChI=1S/C30H22O7/c1-2-35-28-17-26(36-29(33)22-5-3-20-15-24(31)9-7-18(20)13-22)11-12-27(28)37-30(34)23-6-4-21-16-25(32)10-8-19(21)14-23/h3-17,31-32H,2H2,1H3. The first kappa shape index (κ1) is 23.7. The molecule has 0 bridgehead atoms. The van der Waals surface area contributed by atoms with Crippen molar-refractivity contribution in [3.8, 4) is 28.7 Å². The Balaban J connectivity index is 1.35. The molecule has 0 aliphatic rings. The van der Waals surface area contributed by atoms with Gasteiger partial charge in [0.15, 0.2) is 11.5 Å². The molecule has 2 N–H and O–H groups in total. The molecule has 0 radical (unpaired) electrons. The van der Waals surface area contributed by atoms with Crippen molar-refractivity contribution in [3.63, 3.8) is 0 Å². The quantitative estimate of drug-likeness (QED) is 0.213. The second-order valence-corrected chi connectivity index (χ2v) is 8.31. The zero-order valence-corrected chi connectivity index (χ0v) is 19.8. The molecular formula is C30H22O7. The predicted molar refractivity (Wildman–Crippen MR) is 139 cm³/mol. The van der Waals surface area contributed by atoms with Crippen LogP contribution in [0.2, 0.25) is 0 Å². The lowest BCUT2D eigenvalue weighted by molar-refractivity contribution is 0.0714. The van der Waals surface area contributed by atoms with Gasteiger partial charge in [-0.15, -0.1) is 0 Å². The van der Waals surface area contributed by atoms with E-state index in [0.717, 1.165) is 21.5 Å². The van der Waals surface area contributed by atoms with Crippen molar-refractivity contribution in [2.75, 3.05) is 6.61 Å². The van der Waals surface area contributed by atoms with Gasteiger partial charge in [-0.25, -0.2) is 9.59 Å². The van der Waals surface area contributed by atoms with Crippen LogP contribution in [-0.4, -0.2) is 28.8 Å². The molecule has 7 nitrogen and oxygen atoms in total. The number of benzene rings is 5. The van der Waals surface area contributed by atoms with E-state index in [2.05, 4.69) is 0 Å². The number of phenols is 2. The van der Waals surface area contributed by atoms with Crippen LogP contribution in [-0.2, 0) is 0 Å². The van der Waals surface area contributed by atoms with Crippen LogP contribution in [0.1, 0.15) is 27.6 Å². The Morgan fingerprint density at radius 2 is 1.11 bits per heavy atom. The first-order valence-electron chi connectivity index (χ1n) is 11.6. The summed E-state index contributed by atoms with van der Waals surface area (Å²) in [7, 11) is 0. The lowest BCUT2D eigenvalue weighted by atomic mass is 10.1. The first-order chi connectivity index (χ1) is 17.9. The molecule has 0 aliphatic carbocycles. The average molecular weight is 494 g/mol. The Kier molecular flexibility index (Phi) is 6.34. The van der Waals surface area contributed by atoms with Gasteiger partial charge in [0.2, 0.25) is 0 Å². The summed E-state index contributed by atoms with van der Waals surface area (Å²) in [5.74, 6) is -0.195. The highest BCUT2D eigenvalue weighted by Crippen LogP contribution is 2.33. The van der Waals surface area contributed by atoms with Crippen molar-refractivity contribution in [1.29, 1.82) is 0 Å². The van der Waals surface area contributed by atoms with Crippen LogP contribution in [0.4, 0.5) is 0 Å². The molecule has 0 heterocycles. The van der Waals surface area contributed by atoms with Crippen LogP contribution in [0.25, 0.3) is 21.5 Å². The summed E-state index contributed by atoms with van der Waals surface area (Å²) < 4.78 is 16.8. The van der Waals surface area contributed by atoms with E-state index in [1.54, 1.807) is 79.7 Å². The van der Waals surface area contributed by atoms with Gasteiger partial charge in [0.1, 0.15) is 17.2 Å². The normalized spacial score (nSPS) is 10.8. The third kappa shape index (κ3) is 5.16. The van der Waals surface area contributed by atoms with E-state index in [9.17, 15) is 19.8 Å². The lowest BCUT2D eigenvalue weighted by Crippen LogP contribution is -2.11. The summed E-state index contributed by atoms with van der Waals surface area (Å²) in [4.78, 5) is 25.6. The minimum absolute atomic E-state index is 0.144. The van der Waals surface area contributed by atoms with E-state index >= 15 is 0 Å². The summed E-state index contributed by atoms with van der Waals surface area (Å²) in [6.45, 7) is 2.09. The lowest BCUT2D eigenvalue weighted by Gasteiger charge is -2.13. The van der Waals surface area contributed by atoms with Crippen LogP contribution in [0.3, 0.4) is 0 Å². The van der Waals surface area contributed by atoms with Crippen molar-refractivity contribution in [1.82, 2.24) is 0 Å². The molecule has 0 unspecified atom stereocenters. The van der Waals surface area contributed by atoms with Crippen molar-refractivity contribution in [2.45, 2.75) is 6.92 Å². The predicted octanol–water partition coefficient (Wildman–Crippen LogP) is 6.24. The maximum absolute atomic E-state index is 12.8. The highest BCUT2D eigenvalue weighted by molar-refractivity contribution is 5.98. The third-order valence-corrected chi connectivity index (χ3v) is 5.75. The van der Waals surface area contributed by atoms with Gasteiger partial charge >= 0.3 is 11.9 Å². The number of fused-ring (bicyclic) bond motifs is 2. The van der Waals surface area contributed by atoms with Crippen molar-refractivity contribution in [3.05, 3.63) is 102 Å². The van der Waals surface area contributed by atoms with E-state index in [1.165, 1.54) is 18.2 Å². The summed E-state index contributed by atoms with van der Waals surface area (Å²) in [5.41, 5.74) is 0.678. The monoisotopic (exact) mass is 494 g/mol. The van der Waals surface area contributed by atoms with Crippen molar-refractivity contribution in [2.24, 2.45) is 0 Å². The third-order valence-electron chi connectivity index (χ3n) is 5.75. The van der Waals surface area contributed by atoms with Gasteiger partial charge in [0.25, 0.3) is 0 Å². The van der Waals surface area contributed by atoms with Gasteiger partial charge in [-0.2, -0.15) is 0 Å². The van der Waals surface area contributed by atoms with Gasteiger partial charge in [0, 0.05) is 6.07 Å². The van der Waals surface area contributed by atoms with Gasteiger partial charge < -0.3 is 24.4 Å². The molecule has 0 saturated carbocycles. The molecule has 5 aromatic carbocycles. The molecular weight excluding hydrogens is 472 g/mol. The smallest absolute Gasteiger partial charge is 0.343 e. The molecule has 0 fully saturated rings. The Hall–Kier alpha value is -5.04. The maximum atomic E-state index is 12.8. The van der Waals surface area contributed by atoms with E-state index in [1.807, 2.05) is 0 Å². The fraction of sp³-hybridized carbons (Fsp3) is 0.0667. The van der Waals surface area contributed by atoms with E-state index in [4.69, 9.17) is 14.2 Å². The topological polar surface area (TPSA) is 102 Å². The summed E-state index contributed by atoms with van der Waals surface area (Å²) in [6.07, 6.45) is 0. The largest absolute Gasteiger partial charge is 0.508 e. The second-order valence-electron chi connectivity index (χ2n) is 8.31. The van der Waals surface area contributed by atoms with Gasteiger partial charge in [0.05, 0.1) is 17.7 Å². The van der Waals surface area contributed by atoms with Crippen molar-refractivity contribution < 1.29 is 34.0 Å². The van der Waals surface area contributed by atoms with E-state index in [0.29, 0.717) is 17.7 Å². The number of phenolic OH excluding ortho intramolecular Hbond substituents is 2. The number of carbonyl (C=O) groups excluding carboxylic acids is 2.